The third-order valence-corrected chi connectivity index (χ3v) is 5.28. The Morgan fingerprint density at radius 2 is 2.05 bits per heavy atom. The van der Waals surface area contributed by atoms with E-state index in [-0.39, 0.29) is 0 Å². The summed E-state index contributed by atoms with van der Waals surface area (Å²) in [5.41, 5.74) is 1.08. The predicted octanol–water partition coefficient (Wildman–Crippen LogP) is 3.03. The van der Waals surface area contributed by atoms with Crippen LogP contribution in [0.1, 0.15) is 39.3 Å². The highest BCUT2D eigenvalue weighted by atomic mass is 32.1. The first-order valence-electron chi connectivity index (χ1n) is 7.51. The largest absolute Gasteiger partial charge is 0.357 e. The average Bonchev–Trinajstić information content (AvgIpc) is 3.08. The maximum Gasteiger partial charge on any atom is 0.191 e. The van der Waals surface area contributed by atoms with Crippen molar-refractivity contribution in [3.05, 3.63) is 31.7 Å². The summed E-state index contributed by atoms with van der Waals surface area (Å²) < 4.78 is 0. The van der Waals surface area contributed by atoms with Gasteiger partial charge in [0.1, 0.15) is 5.01 Å². The van der Waals surface area contributed by atoms with Gasteiger partial charge in [-0.3, -0.25) is 0 Å². The second-order valence-corrected chi connectivity index (χ2v) is 7.35. The van der Waals surface area contributed by atoms with Gasteiger partial charge in [-0.15, -0.1) is 22.7 Å². The quantitative estimate of drug-likeness (QED) is 0.628. The number of hydrogen-bond acceptors (Lipinski definition) is 5. The molecule has 0 aliphatic heterocycles. The van der Waals surface area contributed by atoms with Crippen LogP contribution in [-0.4, -0.2) is 22.5 Å². The molecule has 2 aromatic heterocycles. The molecule has 5 nitrogen and oxygen atoms in total. The number of rotatable bonds is 6. The van der Waals surface area contributed by atoms with Gasteiger partial charge in [0.2, 0.25) is 0 Å². The Kier molecular flexibility index (Phi) is 6.33. The Hall–Kier alpha value is -1.47. The molecule has 0 aliphatic carbocycles. The Labute approximate surface area is 139 Å². The van der Waals surface area contributed by atoms with Crippen LogP contribution in [-0.2, 0) is 19.5 Å². The van der Waals surface area contributed by atoms with Crippen LogP contribution in [0.15, 0.2) is 11.2 Å². The van der Waals surface area contributed by atoms with Crippen LogP contribution in [0.2, 0.25) is 0 Å². The molecule has 0 fully saturated rings. The van der Waals surface area contributed by atoms with Crippen molar-refractivity contribution < 1.29 is 0 Å². The molecule has 2 aromatic rings. The minimum atomic E-state index is 0.657. The fraction of sp³-hybridized carbons (Fsp3) is 0.533. The Morgan fingerprint density at radius 1 is 1.23 bits per heavy atom. The molecule has 0 radical (unpaired) electrons. The van der Waals surface area contributed by atoms with Crippen molar-refractivity contribution in [2.75, 3.05) is 6.54 Å². The topological polar surface area (TPSA) is 62.2 Å². The Morgan fingerprint density at radius 3 is 2.64 bits per heavy atom. The minimum absolute atomic E-state index is 0.657. The van der Waals surface area contributed by atoms with Crippen LogP contribution >= 0.6 is 22.7 Å². The fourth-order valence-electron chi connectivity index (χ4n) is 1.97. The van der Waals surface area contributed by atoms with E-state index in [4.69, 9.17) is 0 Å². The van der Waals surface area contributed by atoms with Gasteiger partial charge in [0.25, 0.3) is 0 Å². The number of hydrogen-bond donors (Lipinski definition) is 2. The molecule has 7 heteroatoms. The lowest BCUT2D eigenvalue weighted by atomic mass is 10.4. The van der Waals surface area contributed by atoms with Crippen molar-refractivity contribution in [1.29, 1.82) is 0 Å². The van der Waals surface area contributed by atoms with Gasteiger partial charge in [-0.25, -0.2) is 15.0 Å². The first-order chi connectivity index (χ1) is 10.6. The number of guanidine groups is 1. The van der Waals surface area contributed by atoms with Gasteiger partial charge in [0.15, 0.2) is 5.96 Å². The van der Waals surface area contributed by atoms with Gasteiger partial charge in [-0.2, -0.15) is 0 Å². The van der Waals surface area contributed by atoms with Crippen molar-refractivity contribution in [2.45, 2.75) is 47.2 Å². The summed E-state index contributed by atoms with van der Waals surface area (Å²) in [6, 6.07) is 0. The smallest absolute Gasteiger partial charge is 0.191 e. The van der Waals surface area contributed by atoms with E-state index in [1.54, 1.807) is 22.7 Å². The molecule has 2 heterocycles. The predicted molar refractivity (Wildman–Crippen MR) is 94.7 cm³/mol. The molecular weight excluding hydrogens is 314 g/mol. The van der Waals surface area contributed by atoms with E-state index in [2.05, 4.69) is 39.4 Å². The molecule has 0 spiro atoms. The second kappa shape index (κ2) is 8.24. The van der Waals surface area contributed by atoms with Crippen molar-refractivity contribution in [3.8, 4) is 0 Å². The first-order valence-corrected chi connectivity index (χ1v) is 9.14. The maximum absolute atomic E-state index is 4.64. The highest BCUT2D eigenvalue weighted by Crippen LogP contribution is 2.18. The molecule has 0 saturated carbocycles. The molecule has 0 atom stereocenters. The Bertz CT molecular complexity index is 630. The van der Waals surface area contributed by atoms with Gasteiger partial charge < -0.3 is 10.6 Å². The summed E-state index contributed by atoms with van der Waals surface area (Å²) in [5, 5.41) is 8.80. The van der Waals surface area contributed by atoms with Crippen LogP contribution in [0.3, 0.4) is 0 Å². The molecule has 2 rings (SSSR count). The summed E-state index contributed by atoms with van der Waals surface area (Å²) in [7, 11) is 0. The molecule has 2 N–H and O–H groups in total. The lowest BCUT2D eigenvalue weighted by Crippen LogP contribution is -2.36. The number of aromatic nitrogens is 2. The van der Waals surface area contributed by atoms with E-state index in [1.165, 1.54) is 9.75 Å². The monoisotopic (exact) mass is 337 g/mol. The Balaban J connectivity index is 1.96. The molecule has 0 bridgehead atoms. The minimum Gasteiger partial charge on any atom is -0.357 e. The summed E-state index contributed by atoms with van der Waals surface area (Å²) in [4.78, 5) is 16.0. The molecule has 0 saturated heterocycles. The number of nitrogens with zero attached hydrogens (tertiary/aromatic N) is 3. The van der Waals surface area contributed by atoms with Crippen molar-refractivity contribution in [3.63, 3.8) is 0 Å². The highest BCUT2D eigenvalue weighted by molar-refractivity contribution is 7.11. The van der Waals surface area contributed by atoms with E-state index in [9.17, 15) is 0 Å². The number of nitrogens with one attached hydrogen (secondary N) is 2. The standard InChI is InChI=1S/C15H23N5S2/c1-5-12-7-17-14(22-12)9-19-15(16-6-2)18-8-13-10(3)20-11(4)21-13/h7H,5-6,8-9H2,1-4H3,(H2,16,18,19). The number of aryl methyl sites for hydroxylation is 3. The van der Waals surface area contributed by atoms with Crippen molar-refractivity contribution >= 4 is 28.6 Å². The SMILES string of the molecule is CCNC(=NCc1sc(C)nc1C)NCc1ncc(CC)s1. The van der Waals surface area contributed by atoms with E-state index < -0.39 is 0 Å². The van der Waals surface area contributed by atoms with Crippen LogP contribution in [0.25, 0.3) is 0 Å². The molecule has 0 unspecified atom stereocenters. The molecule has 0 aromatic carbocycles. The molecule has 0 aliphatic rings. The maximum atomic E-state index is 4.64. The van der Waals surface area contributed by atoms with E-state index >= 15 is 0 Å². The van der Waals surface area contributed by atoms with Gasteiger partial charge in [-0.05, 0) is 27.2 Å². The molecule has 22 heavy (non-hydrogen) atoms. The summed E-state index contributed by atoms with van der Waals surface area (Å²) in [6.07, 6.45) is 2.99. The van der Waals surface area contributed by atoms with Gasteiger partial charge >= 0.3 is 0 Å². The normalized spacial score (nSPS) is 11.7. The second-order valence-electron chi connectivity index (χ2n) is 4.86. The van der Waals surface area contributed by atoms with Crippen molar-refractivity contribution in [1.82, 2.24) is 20.6 Å². The van der Waals surface area contributed by atoms with Crippen LogP contribution in [0.4, 0.5) is 0 Å². The zero-order valence-electron chi connectivity index (χ0n) is 13.6. The lowest BCUT2D eigenvalue weighted by Gasteiger charge is -2.09. The third-order valence-electron chi connectivity index (χ3n) is 3.08. The zero-order chi connectivity index (χ0) is 15.9. The van der Waals surface area contributed by atoms with E-state index in [0.717, 1.165) is 34.6 Å². The number of aliphatic imine (C=N–C) groups is 1. The number of thiazole rings is 2. The highest BCUT2D eigenvalue weighted by Gasteiger charge is 2.06. The van der Waals surface area contributed by atoms with Crippen LogP contribution in [0.5, 0.6) is 0 Å². The fourth-order valence-corrected chi connectivity index (χ4v) is 3.63. The third kappa shape index (κ3) is 4.78. The van der Waals surface area contributed by atoms with Crippen LogP contribution in [0, 0.1) is 13.8 Å². The molecule has 120 valence electrons. The lowest BCUT2D eigenvalue weighted by molar-refractivity contribution is 0.812. The first kappa shape index (κ1) is 16.9. The van der Waals surface area contributed by atoms with Crippen molar-refractivity contribution in [2.24, 2.45) is 4.99 Å². The van der Waals surface area contributed by atoms with Gasteiger partial charge in [0, 0.05) is 22.5 Å². The summed E-state index contributed by atoms with van der Waals surface area (Å²) in [6.45, 7) is 10.5. The zero-order valence-corrected chi connectivity index (χ0v) is 15.2. The van der Waals surface area contributed by atoms with E-state index in [1.807, 2.05) is 20.0 Å². The van der Waals surface area contributed by atoms with Gasteiger partial charge in [0.05, 0.1) is 23.8 Å². The van der Waals surface area contributed by atoms with Crippen LogP contribution < -0.4 is 10.6 Å². The van der Waals surface area contributed by atoms with E-state index in [0.29, 0.717) is 13.1 Å². The molecular formula is C15H23N5S2. The van der Waals surface area contributed by atoms with Gasteiger partial charge in [-0.1, -0.05) is 6.92 Å². The average molecular weight is 338 g/mol. The summed E-state index contributed by atoms with van der Waals surface area (Å²) >= 11 is 3.46. The summed E-state index contributed by atoms with van der Waals surface area (Å²) in [5.74, 6) is 0.821. The molecule has 0 amide bonds.